The third kappa shape index (κ3) is 3.51. The summed E-state index contributed by atoms with van der Waals surface area (Å²) in [6.07, 6.45) is 7.51. The van der Waals surface area contributed by atoms with Gasteiger partial charge in [-0.05, 0) is 5.92 Å². The van der Waals surface area contributed by atoms with E-state index in [2.05, 4.69) is 9.97 Å². The van der Waals surface area contributed by atoms with Gasteiger partial charge in [0.05, 0.1) is 12.8 Å². The average Bonchev–Trinajstić information content (AvgIpc) is 2.82. The second kappa shape index (κ2) is 5.75. The van der Waals surface area contributed by atoms with E-state index in [0.717, 1.165) is 5.69 Å². The molecule has 4 nitrogen and oxygen atoms in total. The van der Waals surface area contributed by atoms with E-state index >= 15 is 0 Å². The Bertz CT molecular complexity index is 387. The van der Waals surface area contributed by atoms with Gasteiger partial charge < -0.3 is 4.74 Å². The van der Waals surface area contributed by atoms with Crippen LogP contribution in [0, 0.1) is 5.92 Å². The van der Waals surface area contributed by atoms with Crippen LogP contribution < -0.4 is 4.74 Å². The Balaban J connectivity index is 1.88. The van der Waals surface area contributed by atoms with Gasteiger partial charge in [0.2, 0.25) is 5.88 Å². The minimum Gasteiger partial charge on any atom is -0.481 e. The summed E-state index contributed by atoms with van der Waals surface area (Å²) in [6, 6.07) is 1.73. The number of Topliss-reactive ketones (excluding diaryl/α,β-unsaturated/α-hetero) is 1. The Kier molecular flexibility index (Phi) is 4.07. The van der Waals surface area contributed by atoms with Gasteiger partial charge >= 0.3 is 0 Å². The molecule has 0 saturated heterocycles. The zero-order valence-electron chi connectivity index (χ0n) is 10.2. The highest BCUT2D eigenvalue weighted by molar-refractivity contribution is 5.80. The van der Waals surface area contributed by atoms with Crippen molar-refractivity contribution in [3.8, 4) is 5.88 Å². The molecule has 1 aliphatic carbocycles. The maximum atomic E-state index is 11.9. The molecule has 0 radical (unpaired) electrons. The predicted molar refractivity (Wildman–Crippen MR) is 63.9 cm³/mol. The number of hydrogen-bond donors (Lipinski definition) is 0. The van der Waals surface area contributed by atoms with Gasteiger partial charge in [0.25, 0.3) is 0 Å². The molecule has 0 amide bonds. The molecule has 0 N–H and O–H groups in total. The first-order valence-corrected chi connectivity index (χ1v) is 6.14. The van der Waals surface area contributed by atoms with Gasteiger partial charge in [-0.15, -0.1) is 0 Å². The van der Waals surface area contributed by atoms with E-state index in [-0.39, 0.29) is 5.78 Å². The van der Waals surface area contributed by atoms with Crippen LogP contribution in [0.4, 0.5) is 0 Å². The molecule has 4 heteroatoms. The normalized spacial score (nSPS) is 16.1. The lowest BCUT2D eigenvalue weighted by Gasteiger charge is -2.07. The van der Waals surface area contributed by atoms with Gasteiger partial charge in [-0.25, -0.2) is 9.97 Å². The third-order valence-electron chi connectivity index (χ3n) is 3.28. The summed E-state index contributed by atoms with van der Waals surface area (Å²) in [5.41, 5.74) is 0.750. The van der Waals surface area contributed by atoms with Gasteiger partial charge in [-0.1, -0.05) is 25.7 Å². The summed E-state index contributed by atoms with van der Waals surface area (Å²) in [5, 5.41) is 0. The number of nitrogens with zero attached hydrogens (tertiary/aromatic N) is 2. The van der Waals surface area contributed by atoms with E-state index < -0.39 is 0 Å². The minimum absolute atomic E-state index is 0.276. The lowest BCUT2D eigenvalue weighted by molar-refractivity contribution is -0.119. The number of ketones is 1. The molecule has 2 rings (SSSR count). The molecular formula is C13H18N2O2. The number of rotatable bonds is 5. The van der Waals surface area contributed by atoms with E-state index in [0.29, 0.717) is 24.6 Å². The van der Waals surface area contributed by atoms with Crippen LogP contribution in [0.1, 0.15) is 37.8 Å². The van der Waals surface area contributed by atoms with Crippen molar-refractivity contribution in [3.05, 3.63) is 18.1 Å². The summed E-state index contributed by atoms with van der Waals surface area (Å²) in [7, 11) is 1.56. The molecule has 17 heavy (non-hydrogen) atoms. The Morgan fingerprint density at radius 1 is 1.41 bits per heavy atom. The lowest BCUT2D eigenvalue weighted by Crippen LogP contribution is -2.09. The van der Waals surface area contributed by atoms with Crippen molar-refractivity contribution >= 4 is 5.78 Å². The van der Waals surface area contributed by atoms with Gasteiger partial charge in [-0.2, -0.15) is 0 Å². The quantitative estimate of drug-likeness (QED) is 0.783. The molecule has 0 aromatic carbocycles. The van der Waals surface area contributed by atoms with Crippen molar-refractivity contribution < 1.29 is 9.53 Å². The molecule has 0 unspecified atom stereocenters. The Hall–Kier alpha value is -1.45. The van der Waals surface area contributed by atoms with E-state index in [1.165, 1.54) is 32.0 Å². The fraction of sp³-hybridized carbons (Fsp3) is 0.615. The molecule has 0 aliphatic heterocycles. The number of aromatic nitrogens is 2. The SMILES string of the molecule is COc1cc(CC(=O)CC2CCCC2)ncn1. The monoisotopic (exact) mass is 234 g/mol. The standard InChI is InChI=1S/C13H18N2O2/c1-17-13-8-11(14-9-15-13)7-12(16)6-10-4-2-3-5-10/h8-10H,2-7H2,1H3. The van der Waals surface area contributed by atoms with Crippen LogP contribution in [-0.2, 0) is 11.2 Å². The summed E-state index contributed by atoms with van der Waals surface area (Å²) >= 11 is 0. The maximum Gasteiger partial charge on any atom is 0.216 e. The first-order chi connectivity index (χ1) is 8.28. The molecule has 0 bridgehead atoms. The maximum absolute atomic E-state index is 11.9. The van der Waals surface area contributed by atoms with Crippen LogP contribution in [0.5, 0.6) is 5.88 Å². The summed E-state index contributed by atoms with van der Waals surface area (Å²) < 4.78 is 5.01. The van der Waals surface area contributed by atoms with E-state index in [9.17, 15) is 4.79 Å². The predicted octanol–water partition coefficient (Wildman–Crippen LogP) is 2.18. The van der Waals surface area contributed by atoms with Crippen LogP contribution in [0.25, 0.3) is 0 Å². The van der Waals surface area contributed by atoms with Crippen molar-refractivity contribution in [2.24, 2.45) is 5.92 Å². The van der Waals surface area contributed by atoms with Gasteiger partial charge in [0.1, 0.15) is 12.1 Å². The van der Waals surface area contributed by atoms with Gasteiger partial charge in [0.15, 0.2) is 0 Å². The van der Waals surface area contributed by atoms with Crippen molar-refractivity contribution in [1.29, 1.82) is 0 Å². The largest absolute Gasteiger partial charge is 0.481 e. The Morgan fingerprint density at radius 3 is 2.88 bits per heavy atom. The van der Waals surface area contributed by atoms with E-state index in [4.69, 9.17) is 4.74 Å². The molecule has 1 saturated carbocycles. The summed E-state index contributed by atoms with van der Waals surface area (Å²) in [5.74, 6) is 1.40. The van der Waals surface area contributed by atoms with Crippen LogP contribution >= 0.6 is 0 Å². The Morgan fingerprint density at radius 2 is 2.18 bits per heavy atom. The molecule has 1 heterocycles. The number of hydrogen-bond acceptors (Lipinski definition) is 4. The molecular weight excluding hydrogens is 216 g/mol. The first kappa shape index (κ1) is 12.0. The van der Waals surface area contributed by atoms with Crippen molar-refractivity contribution in [3.63, 3.8) is 0 Å². The summed E-state index contributed by atoms with van der Waals surface area (Å²) in [4.78, 5) is 19.9. The van der Waals surface area contributed by atoms with Crippen LogP contribution in [0.2, 0.25) is 0 Å². The fourth-order valence-corrected chi connectivity index (χ4v) is 2.40. The molecule has 1 fully saturated rings. The Labute approximate surface area is 101 Å². The molecule has 0 atom stereocenters. The molecule has 92 valence electrons. The zero-order valence-corrected chi connectivity index (χ0v) is 10.2. The highest BCUT2D eigenvalue weighted by atomic mass is 16.5. The van der Waals surface area contributed by atoms with Crippen LogP contribution in [0.15, 0.2) is 12.4 Å². The second-order valence-corrected chi connectivity index (χ2v) is 4.62. The summed E-state index contributed by atoms with van der Waals surface area (Å²) in [6.45, 7) is 0. The van der Waals surface area contributed by atoms with Crippen LogP contribution in [0.3, 0.4) is 0 Å². The number of carbonyl (C=O) groups is 1. The molecule has 1 aromatic heterocycles. The average molecular weight is 234 g/mol. The smallest absolute Gasteiger partial charge is 0.216 e. The zero-order chi connectivity index (χ0) is 12.1. The van der Waals surface area contributed by atoms with Crippen LogP contribution in [-0.4, -0.2) is 22.9 Å². The first-order valence-electron chi connectivity index (χ1n) is 6.14. The van der Waals surface area contributed by atoms with Gasteiger partial charge in [-0.3, -0.25) is 4.79 Å². The lowest BCUT2D eigenvalue weighted by atomic mass is 9.99. The number of ether oxygens (including phenoxy) is 1. The highest BCUT2D eigenvalue weighted by Crippen LogP contribution is 2.27. The van der Waals surface area contributed by atoms with Crippen molar-refractivity contribution in [2.45, 2.75) is 38.5 Å². The van der Waals surface area contributed by atoms with Crippen molar-refractivity contribution in [2.75, 3.05) is 7.11 Å². The minimum atomic E-state index is 0.276. The third-order valence-corrected chi connectivity index (χ3v) is 3.28. The molecule has 1 aromatic rings. The van der Waals surface area contributed by atoms with Crippen molar-refractivity contribution in [1.82, 2.24) is 9.97 Å². The topological polar surface area (TPSA) is 52.1 Å². The highest BCUT2D eigenvalue weighted by Gasteiger charge is 2.18. The molecule has 1 aliphatic rings. The van der Waals surface area contributed by atoms with Gasteiger partial charge in [0, 0.05) is 18.9 Å². The second-order valence-electron chi connectivity index (χ2n) is 4.62. The fourth-order valence-electron chi connectivity index (χ4n) is 2.40. The molecule has 0 spiro atoms. The number of carbonyl (C=O) groups excluding carboxylic acids is 1. The number of methoxy groups -OCH3 is 1. The van der Waals surface area contributed by atoms with E-state index in [1.807, 2.05) is 0 Å². The van der Waals surface area contributed by atoms with E-state index in [1.54, 1.807) is 13.2 Å².